The van der Waals surface area contributed by atoms with Crippen LogP contribution in [0.1, 0.15) is 6.42 Å². The zero-order valence-corrected chi connectivity index (χ0v) is 11.3. The predicted octanol–water partition coefficient (Wildman–Crippen LogP) is 1.04. The summed E-state index contributed by atoms with van der Waals surface area (Å²) >= 11 is 0. The zero-order chi connectivity index (χ0) is 14.0. The smallest absolute Gasteiger partial charge is 0.229 e. The standard InChI is InChI=1S/C13H14N2O3S/c1-3-10-8-13(16)15(9-10)12-7-5-4-6-11(12)14-19(2,17)18/h1,4-7,10,14H,8-9H2,2H3. The average Bonchev–Trinajstić information content (AvgIpc) is 2.69. The molecule has 0 spiro atoms. The third-order valence-electron chi connectivity index (χ3n) is 2.85. The number of amides is 1. The van der Waals surface area contributed by atoms with E-state index in [1.54, 1.807) is 24.3 Å². The number of para-hydroxylation sites is 2. The molecule has 19 heavy (non-hydrogen) atoms. The topological polar surface area (TPSA) is 66.5 Å². The van der Waals surface area contributed by atoms with Crippen LogP contribution in [0.2, 0.25) is 0 Å². The van der Waals surface area contributed by atoms with Crippen LogP contribution >= 0.6 is 0 Å². The number of rotatable bonds is 3. The number of hydrogen-bond acceptors (Lipinski definition) is 3. The lowest BCUT2D eigenvalue weighted by atomic mass is 10.1. The SMILES string of the molecule is C#CC1CC(=O)N(c2ccccc2NS(C)(=O)=O)C1. The number of nitrogens with zero attached hydrogens (tertiary/aromatic N) is 1. The number of benzene rings is 1. The van der Waals surface area contributed by atoms with E-state index in [1.165, 1.54) is 4.90 Å². The third-order valence-corrected chi connectivity index (χ3v) is 3.44. The molecule has 0 radical (unpaired) electrons. The number of nitrogens with one attached hydrogen (secondary N) is 1. The molecule has 0 saturated carbocycles. The van der Waals surface area contributed by atoms with E-state index in [1.807, 2.05) is 0 Å². The van der Waals surface area contributed by atoms with Crippen molar-refractivity contribution in [1.29, 1.82) is 0 Å². The van der Waals surface area contributed by atoms with Gasteiger partial charge in [-0.05, 0) is 12.1 Å². The molecule has 1 heterocycles. The molecular formula is C13H14N2O3S. The van der Waals surface area contributed by atoms with Crippen molar-refractivity contribution in [3.8, 4) is 12.3 Å². The highest BCUT2D eigenvalue weighted by Crippen LogP contribution is 2.31. The lowest BCUT2D eigenvalue weighted by molar-refractivity contribution is -0.117. The van der Waals surface area contributed by atoms with Gasteiger partial charge in [-0.2, -0.15) is 0 Å². The minimum Gasteiger partial charge on any atom is -0.309 e. The summed E-state index contributed by atoms with van der Waals surface area (Å²) < 4.78 is 25.1. The van der Waals surface area contributed by atoms with Gasteiger partial charge in [0, 0.05) is 18.9 Å². The van der Waals surface area contributed by atoms with Gasteiger partial charge in [0.15, 0.2) is 0 Å². The van der Waals surface area contributed by atoms with E-state index >= 15 is 0 Å². The van der Waals surface area contributed by atoms with Gasteiger partial charge in [0.2, 0.25) is 15.9 Å². The quantitative estimate of drug-likeness (QED) is 0.840. The number of carbonyl (C=O) groups excluding carboxylic acids is 1. The van der Waals surface area contributed by atoms with Gasteiger partial charge in [-0.1, -0.05) is 12.1 Å². The molecule has 1 fully saturated rings. The molecule has 1 N–H and O–H groups in total. The molecule has 0 aromatic heterocycles. The Bertz CT molecular complexity index is 646. The van der Waals surface area contributed by atoms with Gasteiger partial charge in [-0.15, -0.1) is 12.3 Å². The Morgan fingerprint density at radius 2 is 2.11 bits per heavy atom. The number of anilines is 2. The fraction of sp³-hybridized carbons (Fsp3) is 0.308. The maximum atomic E-state index is 11.9. The van der Waals surface area contributed by atoms with Gasteiger partial charge in [0.1, 0.15) is 0 Å². The molecule has 1 aromatic rings. The first-order chi connectivity index (χ1) is 8.90. The predicted molar refractivity (Wildman–Crippen MR) is 74.2 cm³/mol. The maximum Gasteiger partial charge on any atom is 0.229 e. The lowest BCUT2D eigenvalue weighted by Crippen LogP contribution is -2.26. The van der Waals surface area contributed by atoms with E-state index in [-0.39, 0.29) is 11.8 Å². The second-order valence-electron chi connectivity index (χ2n) is 4.46. The largest absolute Gasteiger partial charge is 0.309 e. The molecule has 0 aliphatic carbocycles. The third kappa shape index (κ3) is 3.06. The van der Waals surface area contributed by atoms with Crippen molar-refractivity contribution in [2.75, 3.05) is 22.4 Å². The summed E-state index contributed by atoms with van der Waals surface area (Å²) in [6.07, 6.45) is 6.70. The van der Waals surface area contributed by atoms with E-state index in [2.05, 4.69) is 10.6 Å². The van der Waals surface area contributed by atoms with Crippen LogP contribution < -0.4 is 9.62 Å². The number of carbonyl (C=O) groups is 1. The van der Waals surface area contributed by atoms with Gasteiger partial charge in [-0.3, -0.25) is 9.52 Å². The van der Waals surface area contributed by atoms with Crippen LogP contribution in [-0.4, -0.2) is 27.1 Å². The maximum absolute atomic E-state index is 11.9. The second kappa shape index (κ2) is 4.94. The molecular weight excluding hydrogens is 264 g/mol. The first-order valence-electron chi connectivity index (χ1n) is 5.74. The van der Waals surface area contributed by atoms with Gasteiger partial charge in [-0.25, -0.2) is 8.42 Å². The van der Waals surface area contributed by atoms with Crippen molar-refractivity contribution in [2.45, 2.75) is 6.42 Å². The van der Waals surface area contributed by atoms with Gasteiger partial charge < -0.3 is 4.90 Å². The minimum atomic E-state index is -3.39. The van der Waals surface area contributed by atoms with Crippen molar-refractivity contribution >= 4 is 27.3 Å². The van der Waals surface area contributed by atoms with Gasteiger partial charge in [0.25, 0.3) is 0 Å². The summed E-state index contributed by atoms with van der Waals surface area (Å²) in [4.78, 5) is 13.4. The zero-order valence-electron chi connectivity index (χ0n) is 10.5. The summed E-state index contributed by atoms with van der Waals surface area (Å²) in [7, 11) is -3.39. The van der Waals surface area contributed by atoms with E-state index in [9.17, 15) is 13.2 Å². The number of hydrogen-bond donors (Lipinski definition) is 1. The van der Waals surface area contributed by atoms with Crippen LogP contribution in [0.5, 0.6) is 0 Å². The van der Waals surface area contributed by atoms with Gasteiger partial charge >= 0.3 is 0 Å². The Morgan fingerprint density at radius 3 is 2.68 bits per heavy atom. The molecule has 1 aromatic carbocycles. The van der Waals surface area contributed by atoms with Crippen molar-refractivity contribution in [3.63, 3.8) is 0 Å². The summed E-state index contributed by atoms with van der Waals surface area (Å²) in [6, 6.07) is 6.77. The van der Waals surface area contributed by atoms with Crippen LogP contribution in [0.3, 0.4) is 0 Å². The summed E-state index contributed by atoms with van der Waals surface area (Å²) in [5.41, 5.74) is 0.923. The Kier molecular flexibility index (Phi) is 3.49. The van der Waals surface area contributed by atoms with Crippen LogP contribution in [0, 0.1) is 18.3 Å². The van der Waals surface area contributed by atoms with Gasteiger partial charge in [0.05, 0.1) is 17.6 Å². The highest BCUT2D eigenvalue weighted by molar-refractivity contribution is 7.92. The Morgan fingerprint density at radius 1 is 1.42 bits per heavy atom. The molecule has 1 aliphatic heterocycles. The van der Waals surface area contributed by atoms with E-state index < -0.39 is 10.0 Å². The molecule has 5 nitrogen and oxygen atoms in total. The molecule has 1 amide bonds. The van der Waals surface area contributed by atoms with Crippen molar-refractivity contribution in [3.05, 3.63) is 24.3 Å². The average molecular weight is 278 g/mol. The normalized spacial score (nSPS) is 19.3. The molecule has 1 aliphatic rings. The molecule has 100 valence electrons. The fourth-order valence-electron chi connectivity index (χ4n) is 2.05. The number of sulfonamides is 1. The van der Waals surface area contributed by atoms with Crippen LogP contribution in [0.4, 0.5) is 11.4 Å². The first kappa shape index (κ1) is 13.4. The van der Waals surface area contributed by atoms with Crippen molar-refractivity contribution in [2.24, 2.45) is 5.92 Å². The Balaban J connectivity index is 2.36. The lowest BCUT2D eigenvalue weighted by Gasteiger charge is -2.20. The molecule has 1 saturated heterocycles. The number of terminal acetylenes is 1. The summed E-state index contributed by atoms with van der Waals surface area (Å²) in [5, 5.41) is 0. The first-order valence-corrected chi connectivity index (χ1v) is 7.63. The molecule has 6 heteroatoms. The van der Waals surface area contributed by atoms with Crippen LogP contribution in [0.25, 0.3) is 0 Å². The van der Waals surface area contributed by atoms with Crippen molar-refractivity contribution in [1.82, 2.24) is 0 Å². The monoisotopic (exact) mass is 278 g/mol. The molecule has 1 unspecified atom stereocenters. The van der Waals surface area contributed by atoms with E-state index in [0.29, 0.717) is 24.3 Å². The molecule has 0 bridgehead atoms. The highest BCUT2D eigenvalue weighted by Gasteiger charge is 2.30. The second-order valence-corrected chi connectivity index (χ2v) is 6.21. The fourth-order valence-corrected chi connectivity index (χ4v) is 2.62. The van der Waals surface area contributed by atoms with Crippen LogP contribution in [0.15, 0.2) is 24.3 Å². The summed E-state index contributed by atoms with van der Waals surface area (Å²) in [6.45, 7) is 0.414. The Hall–Kier alpha value is -2.00. The molecule has 1 atom stereocenters. The van der Waals surface area contributed by atoms with Crippen molar-refractivity contribution < 1.29 is 13.2 Å². The minimum absolute atomic E-state index is 0.0919. The molecule has 2 rings (SSSR count). The van der Waals surface area contributed by atoms with E-state index in [0.717, 1.165) is 6.26 Å². The van der Waals surface area contributed by atoms with Crippen LogP contribution in [-0.2, 0) is 14.8 Å². The van der Waals surface area contributed by atoms with E-state index in [4.69, 9.17) is 6.42 Å². The summed E-state index contributed by atoms with van der Waals surface area (Å²) in [5.74, 6) is 2.34. The Labute approximate surface area is 112 Å². The highest BCUT2D eigenvalue weighted by atomic mass is 32.2.